The van der Waals surface area contributed by atoms with Crippen molar-refractivity contribution in [2.24, 2.45) is 11.7 Å². The molecule has 1 aliphatic rings. The van der Waals surface area contributed by atoms with Gasteiger partial charge in [0.1, 0.15) is 0 Å². The number of carbonyl (C=O) groups is 2. The molecule has 0 aromatic rings. The van der Waals surface area contributed by atoms with E-state index in [1.807, 2.05) is 0 Å². The molecule has 1 rings (SSSR count). The average Bonchev–Trinajstić information content (AvgIpc) is 3.18. The summed E-state index contributed by atoms with van der Waals surface area (Å²) in [5.41, 5.74) is 5.56. The third kappa shape index (κ3) is 7.82. The highest BCUT2D eigenvalue weighted by atomic mass is 16.2. The standard InChI is InChI=1S/C14H27N3O2/c1-2-3-11(8-9-15)4-7-13(18)16-10-14(19)17-12-5-6-12/h11-12H,2-10,15H2,1H3,(H,16,18)(H,17,19). The number of hydrogen-bond donors (Lipinski definition) is 3. The normalized spacial score (nSPS) is 15.9. The number of hydrogen-bond acceptors (Lipinski definition) is 3. The van der Waals surface area contributed by atoms with Gasteiger partial charge in [0, 0.05) is 12.5 Å². The third-order valence-corrected chi connectivity index (χ3v) is 3.44. The molecule has 19 heavy (non-hydrogen) atoms. The van der Waals surface area contributed by atoms with Crippen molar-refractivity contribution in [1.29, 1.82) is 0 Å². The summed E-state index contributed by atoms with van der Waals surface area (Å²) in [6, 6.07) is 0.350. The largest absolute Gasteiger partial charge is 0.352 e. The summed E-state index contributed by atoms with van der Waals surface area (Å²) in [5.74, 6) is 0.410. The van der Waals surface area contributed by atoms with Crippen molar-refractivity contribution in [3.8, 4) is 0 Å². The van der Waals surface area contributed by atoms with Crippen molar-refractivity contribution < 1.29 is 9.59 Å². The summed E-state index contributed by atoms with van der Waals surface area (Å²) < 4.78 is 0. The third-order valence-electron chi connectivity index (χ3n) is 3.44. The van der Waals surface area contributed by atoms with E-state index in [0.717, 1.165) is 38.5 Å². The highest BCUT2D eigenvalue weighted by Crippen LogP contribution is 2.18. The molecule has 0 bridgehead atoms. The van der Waals surface area contributed by atoms with Crippen LogP contribution in [0, 0.1) is 5.92 Å². The van der Waals surface area contributed by atoms with Crippen LogP contribution >= 0.6 is 0 Å². The molecule has 110 valence electrons. The van der Waals surface area contributed by atoms with Crippen LogP contribution in [-0.2, 0) is 9.59 Å². The molecule has 1 saturated carbocycles. The summed E-state index contributed by atoms with van der Waals surface area (Å²) in [5, 5.41) is 5.52. The fraction of sp³-hybridized carbons (Fsp3) is 0.857. The van der Waals surface area contributed by atoms with E-state index >= 15 is 0 Å². The molecule has 0 saturated heterocycles. The Morgan fingerprint density at radius 2 is 1.95 bits per heavy atom. The lowest BCUT2D eigenvalue weighted by molar-refractivity contribution is -0.126. The zero-order chi connectivity index (χ0) is 14.1. The van der Waals surface area contributed by atoms with E-state index in [1.165, 1.54) is 0 Å². The smallest absolute Gasteiger partial charge is 0.239 e. The van der Waals surface area contributed by atoms with Gasteiger partial charge in [-0.25, -0.2) is 0 Å². The van der Waals surface area contributed by atoms with Gasteiger partial charge in [-0.15, -0.1) is 0 Å². The maximum Gasteiger partial charge on any atom is 0.239 e. The van der Waals surface area contributed by atoms with Crippen molar-refractivity contribution in [2.75, 3.05) is 13.1 Å². The second-order valence-electron chi connectivity index (χ2n) is 5.39. The molecule has 5 heteroatoms. The minimum atomic E-state index is -0.0806. The molecular weight excluding hydrogens is 242 g/mol. The first kappa shape index (κ1) is 16.0. The lowest BCUT2D eigenvalue weighted by Gasteiger charge is -2.14. The molecule has 1 aliphatic carbocycles. The Kier molecular flexibility index (Phi) is 7.48. The van der Waals surface area contributed by atoms with E-state index < -0.39 is 0 Å². The fourth-order valence-corrected chi connectivity index (χ4v) is 2.19. The van der Waals surface area contributed by atoms with Crippen molar-refractivity contribution in [3.63, 3.8) is 0 Å². The molecule has 5 nitrogen and oxygen atoms in total. The number of carbonyl (C=O) groups excluding carboxylic acids is 2. The highest BCUT2D eigenvalue weighted by Gasteiger charge is 2.23. The number of amides is 2. The van der Waals surface area contributed by atoms with Crippen LogP contribution in [0.3, 0.4) is 0 Å². The predicted molar refractivity (Wildman–Crippen MR) is 75.5 cm³/mol. The summed E-state index contributed by atoms with van der Waals surface area (Å²) >= 11 is 0. The second-order valence-corrected chi connectivity index (χ2v) is 5.39. The SMILES string of the molecule is CCCC(CCN)CCC(=O)NCC(=O)NC1CC1. The van der Waals surface area contributed by atoms with Gasteiger partial charge in [0.15, 0.2) is 0 Å². The maximum atomic E-state index is 11.6. The van der Waals surface area contributed by atoms with Crippen LogP contribution in [0.1, 0.15) is 51.9 Å². The Labute approximate surface area is 115 Å². The topological polar surface area (TPSA) is 84.2 Å². The molecular formula is C14H27N3O2. The van der Waals surface area contributed by atoms with Crippen LogP contribution in [-0.4, -0.2) is 30.9 Å². The van der Waals surface area contributed by atoms with Crippen LogP contribution < -0.4 is 16.4 Å². The van der Waals surface area contributed by atoms with E-state index in [9.17, 15) is 9.59 Å². The Morgan fingerprint density at radius 1 is 1.21 bits per heavy atom. The minimum Gasteiger partial charge on any atom is -0.352 e. The van der Waals surface area contributed by atoms with E-state index in [-0.39, 0.29) is 18.4 Å². The quantitative estimate of drug-likeness (QED) is 0.551. The van der Waals surface area contributed by atoms with Gasteiger partial charge in [-0.1, -0.05) is 19.8 Å². The molecule has 0 aromatic heterocycles. The summed E-state index contributed by atoms with van der Waals surface area (Å²) in [7, 11) is 0. The molecule has 1 atom stereocenters. The van der Waals surface area contributed by atoms with Gasteiger partial charge in [0.25, 0.3) is 0 Å². The lowest BCUT2D eigenvalue weighted by Crippen LogP contribution is -2.37. The van der Waals surface area contributed by atoms with Gasteiger partial charge in [-0.3, -0.25) is 9.59 Å². The van der Waals surface area contributed by atoms with Gasteiger partial charge in [0.05, 0.1) is 6.54 Å². The molecule has 4 N–H and O–H groups in total. The first-order valence-electron chi connectivity index (χ1n) is 7.41. The van der Waals surface area contributed by atoms with E-state index in [4.69, 9.17) is 5.73 Å². The van der Waals surface area contributed by atoms with E-state index in [1.54, 1.807) is 0 Å². The van der Waals surface area contributed by atoms with Crippen LogP contribution in [0.5, 0.6) is 0 Å². The zero-order valence-electron chi connectivity index (χ0n) is 11.9. The Hall–Kier alpha value is -1.10. The van der Waals surface area contributed by atoms with E-state index in [2.05, 4.69) is 17.6 Å². The first-order valence-corrected chi connectivity index (χ1v) is 7.41. The molecule has 0 radical (unpaired) electrons. The average molecular weight is 269 g/mol. The van der Waals surface area contributed by atoms with Crippen LogP contribution in [0.2, 0.25) is 0 Å². The van der Waals surface area contributed by atoms with Crippen molar-refractivity contribution in [1.82, 2.24) is 10.6 Å². The lowest BCUT2D eigenvalue weighted by atomic mass is 9.94. The number of nitrogens with one attached hydrogen (secondary N) is 2. The molecule has 0 spiro atoms. The number of nitrogens with two attached hydrogens (primary N) is 1. The highest BCUT2D eigenvalue weighted by molar-refractivity contribution is 5.84. The van der Waals surface area contributed by atoms with Gasteiger partial charge in [0.2, 0.25) is 11.8 Å². The van der Waals surface area contributed by atoms with Crippen molar-refractivity contribution in [3.05, 3.63) is 0 Å². The predicted octanol–water partition coefficient (Wildman–Crippen LogP) is 0.927. The van der Waals surface area contributed by atoms with Crippen LogP contribution in [0.15, 0.2) is 0 Å². The summed E-state index contributed by atoms with van der Waals surface area (Å²) in [4.78, 5) is 23.0. The van der Waals surface area contributed by atoms with Crippen LogP contribution in [0.25, 0.3) is 0 Å². The van der Waals surface area contributed by atoms with Gasteiger partial charge >= 0.3 is 0 Å². The second kappa shape index (κ2) is 8.91. The molecule has 0 heterocycles. The van der Waals surface area contributed by atoms with E-state index in [0.29, 0.717) is 24.9 Å². The molecule has 1 fully saturated rings. The Bertz CT molecular complexity index is 284. The zero-order valence-corrected chi connectivity index (χ0v) is 11.9. The van der Waals surface area contributed by atoms with Crippen molar-refractivity contribution >= 4 is 11.8 Å². The minimum absolute atomic E-state index is 0.0379. The molecule has 0 aromatic carbocycles. The molecule has 2 amide bonds. The fourth-order valence-electron chi connectivity index (χ4n) is 2.19. The van der Waals surface area contributed by atoms with Crippen LogP contribution in [0.4, 0.5) is 0 Å². The Balaban J connectivity index is 2.09. The van der Waals surface area contributed by atoms with Gasteiger partial charge in [-0.2, -0.15) is 0 Å². The Morgan fingerprint density at radius 3 is 2.53 bits per heavy atom. The molecule has 1 unspecified atom stereocenters. The van der Waals surface area contributed by atoms with Gasteiger partial charge < -0.3 is 16.4 Å². The van der Waals surface area contributed by atoms with Gasteiger partial charge in [-0.05, 0) is 38.1 Å². The summed E-state index contributed by atoms with van der Waals surface area (Å²) in [6.07, 6.45) is 6.70. The molecule has 0 aliphatic heterocycles. The number of rotatable bonds is 10. The maximum absolute atomic E-state index is 11.6. The van der Waals surface area contributed by atoms with Crippen molar-refractivity contribution in [2.45, 2.75) is 57.9 Å². The first-order chi connectivity index (χ1) is 9.15. The monoisotopic (exact) mass is 269 g/mol. The summed E-state index contributed by atoms with van der Waals surface area (Å²) in [6.45, 7) is 2.92.